The van der Waals surface area contributed by atoms with Gasteiger partial charge in [-0.15, -0.1) is 11.3 Å². The van der Waals surface area contributed by atoms with Crippen molar-refractivity contribution in [1.82, 2.24) is 19.3 Å². The van der Waals surface area contributed by atoms with Gasteiger partial charge in [0, 0.05) is 13.1 Å². The van der Waals surface area contributed by atoms with E-state index in [1.165, 1.54) is 20.8 Å². The van der Waals surface area contributed by atoms with Gasteiger partial charge in [-0.1, -0.05) is 51.5 Å². The third-order valence-electron chi connectivity index (χ3n) is 6.10. The largest absolute Gasteiger partial charge is 0.383 e. The molecule has 3 N–H and O–H groups in total. The predicted molar refractivity (Wildman–Crippen MR) is 149 cm³/mol. The molecule has 0 atom stereocenters. The second-order valence-corrected chi connectivity index (χ2v) is 10.2. The molecule has 4 rings (SSSR count). The van der Waals surface area contributed by atoms with E-state index in [0.29, 0.717) is 36.5 Å². The van der Waals surface area contributed by atoms with Gasteiger partial charge in [-0.25, -0.2) is 9.48 Å². The maximum absolute atomic E-state index is 14.2. The van der Waals surface area contributed by atoms with Gasteiger partial charge in [0.2, 0.25) is 0 Å². The van der Waals surface area contributed by atoms with Crippen molar-refractivity contribution in [3.63, 3.8) is 0 Å². The Morgan fingerprint density at radius 2 is 1.92 bits per heavy atom. The fourth-order valence-corrected chi connectivity index (χ4v) is 4.74. The van der Waals surface area contributed by atoms with Gasteiger partial charge in [0.05, 0.1) is 10.6 Å². The number of unbranched alkanes of at least 4 members (excludes halogenated alkanes) is 1. The van der Waals surface area contributed by atoms with Crippen molar-refractivity contribution < 1.29 is 4.79 Å². The van der Waals surface area contributed by atoms with Crippen LogP contribution in [-0.2, 0) is 6.54 Å². The lowest BCUT2D eigenvalue weighted by atomic mass is 10.1. The quantitative estimate of drug-likeness (QED) is 0.319. The zero-order valence-corrected chi connectivity index (χ0v) is 22.1. The summed E-state index contributed by atoms with van der Waals surface area (Å²) in [7, 11) is 0. The van der Waals surface area contributed by atoms with Gasteiger partial charge in [0.1, 0.15) is 17.2 Å². The molecule has 3 aromatic heterocycles. The summed E-state index contributed by atoms with van der Waals surface area (Å²) in [5, 5.41) is 6.69. The monoisotopic (exact) mass is 520 g/mol. The fourth-order valence-electron chi connectivity index (χ4n) is 4.06. The lowest BCUT2D eigenvalue weighted by molar-refractivity contribution is 0.0978. The van der Waals surface area contributed by atoms with Crippen molar-refractivity contribution in [2.24, 2.45) is 5.92 Å². The molecule has 0 spiro atoms. The highest BCUT2D eigenvalue weighted by Gasteiger charge is 2.29. The van der Waals surface area contributed by atoms with Crippen molar-refractivity contribution in [3.05, 3.63) is 80.4 Å². The third-order valence-corrected chi connectivity index (χ3v) is 6.99. The molecule has 0 aliphatic rings. The molecule has 3 heterocycles. The number of thiophene rings is 1. The summed E-state index contributed by atoms with van der Waals surface area (Å²) in [5.74, 6) is -0.163. The van der Waals surface area contributed by atoms with Gasteiger partial charge in [0.25, 0.3) is 11.5 Å². The first kappa shape index (κ1) is 26.2. The highest BCUT2D eigenvalue weighted by atomic mass is 32.1. The third kappa shape index (κ3) is 5.59. The normalized spacial score (nSPS) is 11.2. The topological polar surface area (TPSA) is 119 Å². The molecule has 0 aliphatic carbocycles. The molecule has 0 saturated heterocycles. The Morgan fingerprint density at radius 1 is 1.16 bits per heavy atom. The molecule has 0 unspecified atom stereocenters. The van der Waals surface area contributed by atoms with Gasteiger partial charge < -0.3 is 5.73 Å². The number of nitrogens with zero attached hydrogens (tertiary/aromatic N) is 4. The van der Waals surface area contributed by atoms with E-state index >= 15 is 0 Å². The number of H-pyrrole nitrogens is 1. The number of aromatic amines is 1. The number of nitrogens with one attached hydrogen (secondary N) is 1. The van der Waals surface area contributed by atoms with Crippen molar-refractivity contribution in [2.75, 3.05) is 17.2 Å². The van der Waals surface area contributed by atoms with Crippen LogP contribution in [0.3, 0.4) is 0 Å². The van der Waals surface area contributed by atoms with Crippen molar-refractivity contribution in [3.8, 4) is 16.3 Å². The molecule has 194 valence electrons. The van der Waals surface area contributed by atoms with E-state index in [9.17, 15) is 14.4 Å². The van der Waals surface area contributed by atoms with Crippen LogP contribution < -0.4 is 21.9 Å². The summed E-state index contributed by atoms with van der Waals surface area (Å²) in [6.45, 7) is 6.69. The summed E-state index contributed by atoms with van der Waals surface area (Å²) in [4.78, 5) is 44.5. The fraction of sp³-hybridized carbons (Fsp3) is 0.333. The second kappa shape index (κ2) is 11.4. The zero-order valence-electron chi connectivity index (χ0n) is 21.3. The summed E-state index contributed by atoms with van der Waals surface area (Å²) in [5.41, 5.74) is 6.80. The Morgan fingerprint density at radius 3 is 2.57 bits per heavy atom. The van der Waals surface area contributed by atoms with Crippen LogP contribution in [0.4, 0.5) is 11.5 Å². The molecule has 0 bridgehead atoms. The number of hydrogen-bond acceptors (Lipinski definition) is 6. The average molecular weight is 521 g/mol. The number of benzene rings is 1. The first-order chi connectivity index (χ1) is 17.8. The zero-order chi connectivity index (χ0) is 26.5. The number of aromatic nitrogens is 4. The molecule has 37 heavy (non-hydrogen) atoms. The smallest absolute Gasteiger partial charge is 0.330 e. The van der Waals surface area contributed by atoms with E-state index in [2.05, 4.69) is 4.98 Å². The number of hydrogen-bond donors (Lipinski definition) is 2. The van der Waals surface area contributed by atoms with E-state index < -0.39 is 17.2 Å². The molecule has 9 nitrogen and oxygen atoms in total. The number of carbonyl (C=O) groups is 1. The van der Waals surface area contributed by atoms with Crippen LogP contribution >= 0.6 is 11.3 Å². The number of para-hydroxylation sites is 1. The number of amides is 1. The number of nitrogens with two attached hydrogens (primary N) is 1. The summed E-state index contributed by atoms with van der Waals surface area (Å²) in [6, 6.07) is 15.0. The highest BCUT2D eigenvalue weighted by molar-refractivity contribution is 7.13. The number of nitrogen functional groups attached to an aromatic ring is 1. The number of rotatable bonds is 10. The highest BCUT2D eigenvalue weighted by Crippen LogP contribution is 2.28. The average Bonchev–Trinajstić information content (AvgIpc) is 3.56. The maximum Gasteiger partial charge on any atom is 0.330 e. The molecular weight excluding hydrogens is 488 g/mol. The molecule has 1 amide bonds. The Balaban J connectivity index is 1.88. The standard InChI is InChI=1S/C27H32N6O3S/c1-4-5-14-32-24(28)23(25(34)29-27(32)36)31(15-13-18(2)3)26(35)21-17-20(22-12-9-16-37-22)30-33(21)19-10-7-6-8-11-19/h6-12,16-18H,4-5,13-15,28H2,1-3H3,(H,29,34,36). The van der Waals surface area contributed by atoms with E-state index in [4.69, 9.17) is 10.8 Å². The minimum absolute atomic E-state index is 0.0106. The van der Waals surface area contributed by atoms with Crippen molar-refractivity contribution in [1.29, 1.82) is 0 Å². The second-order valence-electron chi connectivity index (χ2n) is 9.28. The van der Waals surface area contributed by atoms with Gasteiger partial charge in [-0.2, -0.15) is 5.10 Å². The van der Waals surface area contributed by atoms with Crippen LogP contribution in [0, 0.1) is 5.92 Å². The molecule has 0 radical (unpaired) electrons. The Hall–Kier alpha value is -3.92. The van der Waals surface area contributed by atoms with Crippen molar-refractivity contribution >= 4 is 28.7 Å². The van der Waals surface area contributed by atoms with Gasteiger partial charge in [0.15, 0.2) is 5.69 Å². The minimum Gasteiger partial charge on any atom is -0.383 e. The van der Waals surface area contributed by atoms with Gasteiger partial charge in [-0.05, 0) is 48.4 Å². The lowest BCUT2D eigenvalue weighted by Gasteiger charge is -2.25. The first-order valence-electron chi connectivity index (χ1n) is 12.5. The minimum atomic E-state index is -0.684. The molecule has 0 aliphatic heterocycles. The number of anilines is 2. The Kier molecular flexibility index (Phi) is 8.08. The first-order valence-corrected chi connectivity index (χ1v) is 13.3. The molecular formula is C27H32N6O3S. The summed E-state index contributed by atoms with van der Waals surface area (Å²) >= 11 is 1.53. The van der Waals surface area contributed by atoms with Crippen LogP contribution in [-0.4, -0.2) is 31.8 Å². The summed E-state index contributed by atoms with van der Waals surface area (Å²) in [6.07, 6.45) is 2.19. The molecule has 10 heteroatoms. The van der Waals surface area contributed by atoms with E-state index in [1.807, 2.05) is 68.6 Å². The molecule has 1 aromatic carbocycles. The van der Waals surface area contributed by atoms with Crippen molar-refractivity contribution in [2.45, 2.75) is 46.6 Å². The Bertz CT molecular complexity index is 1470. The maximum atomic E-state index is 14.2. The molecule has 0 saturated carbocycles. The van der Waals surface area contributed by atoms with E-state index in [-0.39, 0.29) is 24.0 Å². The predicted octanol–water partition coefficient (Wildman–Crippen LogP) is 4.53. The van der Waals surface area contributed by atoms with Crippen LogP contribution in [0.5, 0.6) is 0 Å². The van der Waals surface area contributed by atoms with Crippen LogP contribution in [0.1, 0.15) is 50.5 Å². The van der Waals surface area contributed by atoms with Gasteiger partial charge >= 0.3 is 5.69 Å². The van der Waals surface area contributed by atoms with Crippen LogP contribution in [0.15, 0.2) is 63.5 Å². The molecule has 4 aromatic rings. The SMILES string of the molecule is CCCCn1c(N)c(N(CCC(C)C)C(=O)c2cc(-c3cccs3)nn2-c2ccccc2)c(=O)[nH]c1=O. The van der Waals surface area contributed by atoms with Crippen LogP contribution in [0.25, 0.3) is 16.3 Å². The summed E-state index contributed by atoms with van der Waals surface area (Å²) < 4.78 is 2.93. The number of carbonyl (C=O) groups excluding carboxylic acids is 1. The van der Waals surface area contributed by atoms with Crippen LogP contribution in [0.2, 0.25) is 0 Å². The van der Waals surface area contributed by atoms with E-state index in [1.54, 1.807) is 10.7 Å². The molecule has 0 fully saturated rings. The van der Waals surface area contributed by atoms with E-state index in [0.717, 1.165) is 11.3 Å². The Labute approximate surface area is 219 Å². The van der Waals surface area contributed by atoms with Gasteiger partial charge in [-0.3, -0.25) is 24.0 Å². The lowest BCUT2D eigenvalue weighted by Crippen LogP contribution is -2.42.